The Kier molecular flexibility index (Phi) is 5.18. The molecule has 0 saturated carbocycles. The van der Waals surface area contributed by atoms with Gasteiger partial charge in [0.15, 0.2) is 0 Å². The molecule has 134 valence electrons. The van der Waals surface area contributed by atoms with Gasteiger partial charge >= 0.3 is 0 Å². The molecule has 0 amide bonds. The van der Waals surface area contributed by atoms with Gasteiger partial charge in [0, 0.05) is 36.3 Å². The zero-order chi connectivity index (χ0) is 18.2. The Morgan fingerprint density at radius 1 is 0.960 bits per heavy atom. The Labute approximate surface area is 156 Å². The fourth-order valence-corrected chi connectivity index (χ4v) is 5.18. The van der Waals surface area contributed by atoms with Gasteiger partial charge in [0.1, 0.15) is 5.82 Å². The van der Waals surface area contributed by atoms with E-state index in [4.69, 9.17) is 0 Å². The van der Waals surface area contributed by atoms with Crippen molar-refractivity contribution < 1.29 is 12.8 Å². The minimum atomic E-state index is -3.52. The van der Waals surface area contributed by atoms with Gasteiger partial charge in [-0.2, -0.15) is 4.31 Å². The van der Waals surface area contributed by atoms with Gasteiger partial charge in [-0.25, -0.2) is 12.8 Å². The number of halogens is 2. The first-order valence-electron chi connectivity index (χ1n) is 8.06. The Morgan fingerprint density at radius 3 is 2.16 bits per heavy atom. The third kappa shape index (κ3) is 3.73. The maximum atomic E-state index is 13.0. The molecule has 1 heterocycles. The topological polar surface area (TPSA) is 40.6 Å². The molecule has 25 heavy (non-hydrogen) atoms. The van der Waals surface area contributed by atoms with Crippen LogP contribution in [-0.2, 0) is 10.0 Å². The van der Waals surface area contributed by atoms with Crippen LogP contribution in [0.1, 0.15) is 11.1 Å². The molecule has 7 heteroatoms. The Bertz CT molecular complexity index is 877. The van der Waals surface area contributed by atoms with Crippen LogP contribution in [0, 0.1) is 19.7 Å². The third-order valence-corrected chi connectivity index (χ3v) is 7.40. The van der Waals surface area contributed by atoms with E-state index >= 15 is 0 Å². The van der Waals surface area contributed by atoms with E-state index < -0.39 is 10.0 Å². The van der Waals surface area contributed by atoms with Crippen LogP contribution < -0.4 is 4.90 Å². The summed E-state index contributed by atoms with van der Waals surface area (Å²) in [6.45, 7) is 5.68. The number of nitrogens with zero attached hydrogens (tertiary/aromatic N) is 2. The minimum absolute atomic E-state index is 0.272. The molecule has 0 aromatic heterocycles. The first kappa shape index (κ1) is 18.4. The smallest absolute Gasteiger partial charge is 0.243 e. The second-order valence-electron chi connectivity index (χ2n) is 6.23. The summed E-state index contributed by atoms with van der Waals surface area (Å²) in [6.07, 6.45) is 0. The Balaban J connectivity index is 1.78. The molecule has 1 aliphatic heterocycles. The SMILES string of the molecule is Cc1cc(S(=O)(=O)N2CCN(c3ccc(F)cc3)CC2)c(C)cc1Br. The van der Waals surface area contributed by atoms with E-state index in [1.165, 1.54) is 16.4 Å². The maximum absolute atomic E-state index is 13.0. The molecule has 0 unspecified atom stereocenters. The average molecular weight is 427 g/mol. The summed E-state index contributed by atoms with van der Waals surface area (Å²) in [5, 5.41) is 0. The summed E-state index contributed by atoms with van der Waals surface area (Å²) in [6, 6.07) is 9.86. The standard InChI is InChI=1S/C18H20BrFN2O2S/c1-13-12-18(14(2)11-17(13)19)25(23,24)22-9-7-21(8-10-22)16-5-3-15(20)4-6-16/h3-6,11-12H,7-10H2,1-2H3. The van der Waals surface area contributed by atoms with Crippen LogP contribution in [0.3, 0.4) is 0 Å². The van der Waals surface area contributed by atoms with Gasteiger partial charge in [-0.05, 0) is 61.4 Å². The zero-order valence-corrected chi connectivity index (χ0v) is 16.6. The van der Waals surface area contributed by atoms with E-state index in [-0.39, 0.29) is 5.82 Å². The van der Waals surface area contributed by atoms with Crippen LogP contribution in [0.2, 0.25) is 0 Å². The van der Waals surface area contributed by atoms with Crippen molar-refractivity contribution in [2.24, 2.45) is 0 Å². The lowest BCUT2D eigenvalue weighted by Crippen LogP contribution is -2.48. The summed E-state index contributed by atoms with van der Waals surface area (Å²) in [5.41, 5.74) is 2.54. The lowest BCUT2D eigenvalue weighted by molar-refractivity contribution is 0.384. The molecule has 2 aromatic rings. The number of aryl methyl sites for hydroxylation is 2. The average Bonchev–Trinajstić information content (AvgIpc) is 2.59. The van der Waals surface area contributed by atoms with Crippen LogP contribution >= 0.6 is 15.9 Å². The summed E-state index contributed by atoms with van der Waals surface area (Å²) in [5.74, 6) is -0.272. The van der Waals surface area contributed by atoms with Crippen LogP contribution in [0.4, 0.5) is 10.1 Å². The second kappa shape index (κ2) is 7.05. The van der Waals surface area contributed by atoms with Gasteiger partial charge in [-0.3, -0.25) is 0 Å². The van der Waals surface area contributed by atoms with Crippen LogP contribution in [0.15, 0.2) is 45.8 Å². The van der Waals surface area contributed by atoms with E-state index in [2.05, 4.69) is 20.8 Å². The highest BCUT2D eigenvalue weighted by atomic mass is 79.9. The van der Waals surface area contributed by atoms with Crippen molar-refractivity contribution >= 4 is 31.6 Å². The highest BCUT2D eigenvalue weighted by Gasteiger charge is 2.30. The fourth-order valence-electron chi connectivity index (χ4n) is 3.01. The summed E-state index contributed by atoms with van der Waals surface area (Å²) in [7, 11) is -3.52. The van der Waals surface area contributed by atoms with Gasteiger partial charge in [0.25, 0.3) is 0 Å². The Hall–Kier alpha value is -1.44. The predicted octanol–water partition coefficient (Wildman–Crippen LogP) is 3.72. The summed E-state index contributed by atoms with van der Waals surface area (Å²) < 4.78 is 41.5. The third-order valence-electron chi connectivity index (χ3n) is 4.50. The molecule has 0 atom stereocenters. The molecule has 4 nitrogen and oxygen atoms in total. The fraction of sp³-hybridized carbons (Fsp3) is 0.333. The van der Waals surface area contributed by atoms with E-state index in [1.54, 1.807) is 18.2 Å². The molecule has 0 radical (unpaired) electrons. The molecular formula is C18H20BrFN2O2S. The van der Waals surface area contributed by atoms with Gasteiger partial charge in [0.2, 0.25) is 10.0 Å². The molecule has 0 aliphatic carbocycles. The van der Waals surface area contributed by atoms with Crippen LogP contribution in [-0.4, -0.2) is 38.9 Å². The van der Waals surface area contributed by atoms with Gasteiger partial charge in [-0.1, -0.05) is 15.9 Å². The molecule has 2 aromatic carbocycles. The number of benzene rings is 2. The molecular weight excluding hydrogens is 407 g/mol. The number of anilines is 1. The van der Waals surface area contributed by atoms with Gasteiger partial charge in [-0.15, -0.1) is 0 Å². The molecule has 0 bridgehead atoms. The normalized spacial score (nSPS) is 16.2. The van der Waals surface area contributed by atoms with E-state index in [9.17, 15) is 12.8 Å². The van der Waals surface area contributed by atoms with Crippen molar-refractivity contribution in [3.8, 4) is 0 Å². The van der Waals surface area contributed by atoms with Gasteiger partial charge < -0.3 is 4.90 Å². The van der Waals surface area contributed by atoms with Crippen LogP contribution in [0.5, 0.6) is 0 Å². The first-order chi connectivity index (χ1) is 11.8. The molecule has 1 aliphatic rings. The molecule has 1 fully saturated rings. The molecule has 0 spiro atoms. The first-order valence-corrected chi connectivity index (χ1v) is 10.3. The quantitative estimate of drug-likeness (QED) is 0.750. The van der Waals surface area contributed by atoms with Crippen molar-refractivity contribution in [3.05, 3.63) is 57.8 Å². The lowest BCUT2D eigenvalue weighted by Gasteiger charge is -2.35. The predicted molar refractivity (Wildman–Crippen MR) is 101 cm³/mol. The van der Waals surface area contributed by atoms with Crippen molar-refractivity contribution in [2.45, 2.75) is 18.7 Å². The number of piperazine rings is 1. The van der Waals surface area contributed by atoms with Gasteiger partial charge in [0.05, 0.1) is 4.90 Å². The largest absolute Gasteiger partial charge is 0.369 e. The van der Waals surface area contributed by atoms with Crippen molar-refractivity contribution in [3.63, 3.8) is 0 Å². The van der Waals surface area contributed by atoms with Crippen molar-refractivity contribution in [2.75, 3.05) is 31.1 Å². The maximum Gasteiger partial charge on any atom is 0.243 e. The summed E-state index contributed by atoms with van der Waals surface area (Å²) >= 11 is 3.44. The number of sulfonamides is 1. The molecule has 3 rings (SSSR count). The number of hydrogen-bond donors (Lipinski definition) is 0. The highest BCUT2D eigenvalue weighted by Crippen LogP contribution is 2.27. The molecule has 0 N–H and O–H groups in total. The lowest BCUT2D eigenvalue weighted by atomic mass is 10.2. The van der Waals surface area contributed by atoms with Crippen LogP contribution in [0.25, 0.3) is 0 Å². The number of rotatable bonds is 3. The second-order valence-corrected chi connectivity index (χ2v) is 9.00. The van der Waals surface area contributed by atoms with Crippen molar-refractivity contribution in [1.82, 2.24) is 4.31 Å². The zero-order valence-electron chi connectivity index (χ0n) is 14.2. The molecule has 1 saturated heterocycles. The monoisotopic (exact) mass is 426 g/mol. The number of hydrogen-bond acceptors (Lipinski definition) is 3. The minimum Gasteiger partial charge on any atom is -0.369 e. The van der Waals surface area contributed by atoms with Crippen molar-refractivity contribution in [1.29, 1.82) is 0 Å². The highest BCUT2D eigenvalue weighted by molar-refractivity contribution is 9.10. The van der Waals surface area contributed by atoms with E-state index in [1.807, 2.05) is 19.9 Å². The van der Waals surface area contributed by atoms with E-state index in [0.29, 0.717) is 31.1 Å². The van der Waals surface area contributed by atoms with E-state index in [0.717, 1.165) is 21.3 Å². The Morgan fingerprint density at radius 2 is 1.56 bits per heavy atom. The summed E-state index contributed by atoms with van der Waals surface area (Å²) in [4.78, 5) is 2.44.